The van der Waals surface area contributed by atoms with Gasteiger partial charge in [-0.3, -0.25) is 9.59 Å². The van der Waals surface area contributed by atoms with E-state index in [-0.39, 0.29) is 23.4 Å². The highest BCUT2D eigenvalue weighted by Crippen LogP contribution is 2.16. The zero-order chi connectivity index (χ0) is 22.6. The van der Waals surface area contributed by atoms with Crippen LogP contribution in [0.5, 0.6) is 0 Å². The minimum absolute atomic E-state index is 0.0467. The Morgan fingerprint density at radius 1 is 1.03 bits per heavy atom. The topological polar surface area (TPSA) is 49.4 Å². The van der Waals surface area contributed by atoms with E-state index in [2.05, 4.69) is 5.32 Å². The molecule has 0 aliphatic carbocycles. The number of nitrogens with zero attached hydrogens (tertiary/aromatic N) is 1. The number of hydrogen-bond donors (Lipinski definition) is 1. The molecule has 2 aromatic carbocycles. The molecule has 2 amide bonds. The number of hydrogen-bond acceptors (Lipinski definition) is 3. The molecule has 0 saturated heterocycles. The van der Waals surface area contributed by atoms with Crippen LogP contribution in [0.15, 0.2) is 54.6 Å². The summed E-state index contributed by atoms with van der Waals surface area (Å²) >= 11 is 1.48. The number of carbonyl (C=O) groups is 2. The molecule has 168 valence electrons. The average Bonchev–Trinajstić information content (AvgIpc) is 2.77. The van der Waals surface area contributed by atoms with E-state index in [9.17, 15) is 14.0 Å². The minimum atomic E-state index is -0.485. The molecule has 0 radical (unpaired) electrons. The number of halogens is 1. The van der Waals surface area contributed by atoms with Crippen LogP contribution in [0.4, 0.5) is 4.39 Å². The Morgan fingerprint density at radius 3 is 2.32 bits per heavy atom. The maximum atomic E-state index is 13.1. The molecule has 1 N–H and O–H groups in total. The Balaban J connectivity index is 2.03. The number of benzene rings is 2. The standard InChI is InChI=1S/C25H33FN2O2S/c1-4-23(25(30)27-16-19(2)3)28(15-14-20-8-6-5-7-9-20)24(29)18-31-17-21-10-12-22(26)13-11-21/h5-13,19,23H,4,14-18H2,1-3H3,(H,27,30). The molecule has 31 heavy (non-hydrogen) atoms. The van der Waals surface area contributed by atoms with Crippen LogP contribution in [0.1, 0.15) is 38.3 Å². The average molecular weight is 445 g/mol. The molecule has 2 rings (SSSR count). The Labute approximate surface area is 189 Å². The lowest BCUT2D eigenvalue weighted by atomic mass is 10.1. The molecule has 0 bridgehead atoms. The highest BCUT2D eigenvalue weighted by Gasteiger charge is 2.28. The summed E-state index contributed by atoms with van der Waals surface area (Å²) in [5, 5.41) is 2.98. The van der Waals surface area contributed by atoms with E-state index in [1.807, 2.05) is 51.1 Å². The molecule has 2 aromatic rings. The van der Waals surface area contributed by atoms with Crippen molar-refractivity contribution in [3.8, 4) is 0 Å². The van der Waals surface area contributed by atoms with Crippen LogP contribution in [0.2, 0.25) is 0 Å². The van der Waals surface area contributed by atoms with Gasteiger partial charge in [-0.25, -0.2) is 4.39 Å². The Kier molecular flexibility index (Phi) is 10.6. The van der Waals surface area contributed by atoms with E-state index in [0.29, 0.717) is 37.6 Å². The Bertz CT molecular complexity index is 812. The lowest BCUT2D eigenvalue weighted by Crippen LogP contribution is -2.51. The molecule has 6 heteroatoms. The van der Waals surface area contributed by atoms with Crippen LogP contribution in [0, 0.1) is 11.7 Å². The molecule has 1 atom stereocenters. The number of rotatable bonds is 12. The van der Waals surface area contributed by atoms with E-state index in [4.69, 9.17) is 0 Å². The summed E-state index contributed by atoms with van der Waals surface area (Å²) in [6.45, 7) is 7.12. The van der Waals surface area contributed by atoms with E-state index in [1.165, 1.54) is 23.9 Å². The predicted octanol–water partition coefficient (Wildman–Crippen LogP) is 4.68. The van der Waals surface area contributed by atoms with Crippen LogP contribution in [-0.2, 0) is 21.8 Å². The van der Waals surface area contributed by atoms with Gasteiger partial charge in [-0.15, -0.1) is 11.8 Å². The summed E-state index contributed by atoms with van der Waals surface area (Å²) in [5.41, 5.74) is 2.11. The zero-order valence-corrected chi connectivity index (χ0v) is 19.5. The monoisotopic (exact) mass is 444 g/mol. The predicted molar refractivity (Wildman–Crippen MR) is 126 cm³/mol. The highest BCUT2D eigenvalue weighted by atomic mass is 32.2. The van der Waals surface area contributed by atoms with Gasteiger partial charge in [-0.05, 0) is 42.0 Å². The fourth-order valence-electron chi connectivity index (χ4n) is 3.24. The quantitative estimate of drug-likeness (QED) is 0.517. The van der Waals surface area contributed by atoms with Gasteiger partial charge in [-0.1, -0.05) is 63.2 Å². The number of carbonyl (C=O) groups excluding carboxylic acids is 2. The molecule has 0 aliphatic rings. The van der Waals surface area contributed by atoms with Crippen molar-refractivity contribution in [3.05, 3.63) is 71.5 Å². The summed E-state index contributed by atoms with van der Waals surface area (Å²) in [5.74, 6) is 0.835. The van der Waals surface area contributed by atoms with Gasteiger partial charge < -0.3 is 10.2 Å². The maximum Gasteiger partial charge on any atom is 0.242 e. The van der Waals surface area contributed by atoms with Gasteiger partial charge in [0.15, 0.2) is 0 Å². The van der Waals surface area contributed by atoms with Crippen molar-refractivity contribution in [1.29, 1.82) is 0 Å². The maximum absolute atomic E-state index is 13.1. The third kappa shape index (κ3) is 8.74. The van der Waals surface area contributed by atoms with Crippen molar-refractivity contribution in [2.45, 2.75) is 45.4 Å². The molecular weight excluding hydrogens is 411 g/mol. The van der Waals surface area contributed by atoms with Gasteiger partial charge in [0, 0.05) is 18.8 Å². The van der Waals surface area contributed by atoms with Crippen molar-refractivity contribution in [2.75, 3.05) is 18.8 Å². The molecule has 0 heterocycles. The van der Waals surface area contributed by atoms with E-state index in [0.717, 1.165) is 11.1 Å². The molecule has 0 saturated carbocycles. The van der Waals surface area contributed by atoms with Crippen LogP contribution >= 0.6 is 11.8 Å². The van der Waals surface area contributed by atoms with Gasteiger partial charge in [0.25, 0.3) is 0 Å². The first-order valence-electron chi connectivity index (χ1n) is 10.8. The minimum Gasteiger partial charge on any atom is -0.354 e. The molecule has 0 spiro atoms. The molecule has 0 aliphatic heterocycles. The highest BCUT2D eigenvalue weighted by molar-refractivity contribution is 7.99. The smallest absolute Gasteiger partial charge is 0.242 e. The first-order valence-corrected chi connectivity index (χ1v) is 12.0. The molecule has 1 unspecified atom stereocenters. The van der Waals surface area contributed by atoms with Gasteiger partial charge in [-0.2, -0.15) is 0 Å². The largest absolute Gasteiger partial charge is 0.354 e. The number of thioether (sulfide) groups is 1. The first-order chi connectivity index (χ1) is 14.9. The van der Waals surface area contributed by atoms with Crippen molar-refractivity contribution in [3.63, 3.8) is 0 Å². The summed E-state index contributed by atoms with van der Waals surface area (Å²) < 4.78 is 13.1. The summed E-state index contributed by atoms with van der Waals surface area (Å²) in [6, 6.07) is 15.8. The van der Waals surface area contributed by atoms with Crippen LogP contribution in [0.25, 0.3) is 0 Å². The van der Waals surface area contributed by atoms with Gasteiger partial charge >= 0.3 is 0 Å². The first kappa shape index (κ1) is 24.9. The van der Waals surface area contributed by atoms with E-state index in [1.54, 1.807) is 17.0 Å². The second kappa shape index (κ2) is 13.2. The SMILES string of the molecule is CCC(C(=O)NCC(C)C)N(CCc1ccccc1)C(=O)CSCc1ccc(F)cc1. The molecule has 4 nitrogen and oxygen atoms in total. The van der Waals surface area contributed by atoms with Crippen molar-refractivity contribution < 1.29 is 14.0 Å². The normalized spacial score (nSPS) is 11.9. The Hall–Kier alpha value is -2.34. The van der Waals surface area contributed by atoms with Gasteiger partial charge in [0.1, 0.15) is 11.9 Å². The second-order valence-electron chi connectivity index (χ2n) is 8.01. The zero-order valence-electron chi connectivity index (χ0n) is 18.6. The lowest BCUT2D eigenvalue weighted by Gasteiger charge is -2.31. The molecule has 0 aromatic heterocycles. The van der Waals surface area contributed by atoms with Crippen molar-refractivity contribution in [1.82, 2.24) is 10.2 Å². The summed E-state index contributed by atoms with van der Waals surface area (Å²) in [7, 11) is 0. The van der Waals surface area contributed by atoms with Gasteiger partial charge in [0.05, 0.1) is 5.75 Å². The lowest BCUT2D eigenvalue weighted by molar-refractivity contribution is -0.138. The fraction of sp³-hybridized carbons (Fsp3) is 0.440. The summed E-state index contributed by atoms with van der Waals surface area (Å²) in [4.78, 5) is 27.7. The fourth-order valence-corrected chi connectivity index (χ4v) is 4.11. The second-order valence-corrected chi connectivity index (χ2v) is 8.99. The molecule has 0 fully saturated rings. The van der Waals surface area contributed by atoms with Crippen LogP contribution < -0.4 is 5.32 Å². The van der Waals surface area contributed by atoms with Crippen molar-refractivity contribution in [2.24, 2.45) is 5.92 Å². The Morgan fingerprint density at radius 2 is 1.71 bits per heavy atom. The summed E-state index contributed by atoms with van der Waals surface area (Å²) in [6.07, 6.45) is 1.26. The number of amides is 2. The van der Waals surface area contributed by atoms with E-state index >= 15 is 0 Å². The van der Waals surface area contributed by atoms with Crippen LogP contribution in [0.3, 0.4) is 0 Å². The van der Waals surface area contributed by atoms with Gasteiger partial charge in [0.2, 0.25) is 11.8 Å². The third-order valence-electron chi connectivity index (χ3n) is 4.96. The molecular formula is C25H33FN2O2S. The van der Waals surface area contributed by atoms with E-state index < -0.39 is 6.04 Å². The number of nitrogens with one attached hydrogen (secondary N) is 1. The third-order valence-corrected chi connectivity index (χ3v) is 5.95. The van der Waals surface area contributed by atoms with Crippen LogP contribution in [-0.4, -0.2) is 41.6 Å². The van der Waals surface area contributed by atoms with Crippen molar-refractivity contribution >= 4 is 23.6 Å².